The molecule has 0 saturated heterocycles. The van der Waals surface area contributed by atoms with Crippen LogP contribution in [0.1, 0.15) is 48.0 Å². The summed E-state index contributed by atoms with van der Waals surface area (Å²) in [6.45, 7) is 13.9. The van der Waals surface area contributed by atoms with E-state index in [1.807, 2.05) is 0 Å². The van der Waals surface area contributed by atoms with Crippen LogP contribution in [0.5, 0.6) is 0 Å². The Morgan fingerprint density at radius 2 is 1.83 bits per heavy atom. The van der Waals surface area contributed by atoms with Crippen LogP contribution >= 0.6 is 0 Å². The van der Waals surface area contributed by atoms with E-state index >= 15 is 0 Å². The third-order valence-electron chi connectivity index (χ3n) is 3.87. The van der Waals surface area contributed by atoms with Crippen LogP contribution in [0.4, 0.5) is 0 Å². The van der Waals surface area contributed by atoms with Gasteiger partial charge >= 0.3 is 118 Å². The van der Waals surface area contributed by atoms with E-state index in [-0.39, 0.29) is 0 Å². The summed E-state index contributed by atoms with van der Waals surface area (Å²) < 4.78 is 5.23. The second kappa shape index (κ2) is 5.27. The van der Waals surface area contributed by atoms with Crippen LogP contribution in [-0.4, -0.2) is 3.81 Å². The maximum atomic E-state index is 2.47. The van der Waals surface area contributed by atoms with Gasteiger partial charge in [0, 0.05) is 0 Å². The van der Waals surface area contributed by atoms with Gasteiger partial charge in [0.05, 0.1) is 0 Å². The van der Waals surface area contributed by atoms with E-state index in [0.717, 1.165) is 0 Å². The molecule has 0 bridgehead atoms. The Morgan fingerprint density at radius 1 is 1.17 bits per heavy atom. The minimum atomic E-state index is -1.37. The van der Waals surface area contributed by atoms with Crippen molar-refractivity contribution in [2.45, 2.75) is 48.0 Å². The van der Waals surface area contributed by atoms with E-state index in [9.17, 15) is 0 Å². The molecule has 2 aliphatic carbocycles. The zero-order valence-corrected chi connectivity index (χ0v) is 14.1. The van der Waals surface area contributed by atoms with Gasteiger partial charge in [-0.05, 0) is 0 Å². The Balaban J connectivity index is 2.44. The summed E-state index contributed by atoms with van der Waals surface area (Å²) in [5.74, 6) is 0.663. The molecule has 2 rings (SSSR count). The fourth-order valence-electron chi connectivity index (χ4n) is 3.19. The fraction of sp³-hybridized carbons (Fsp3) is 0.471. The van der Waals surface area contributed by atoms with Crippen LogP contribution in [0.3, 0.4) is 0 Å². The number of hydrogen-bond acceptors (Lipinski definition) is 0. The molecule has 0 saturated carbocycles. The molecule has 2 aliphatic rings. The molecule has 0 aromatic carbocycles. The van der Waals surface area contributed by atoms with Gasteiger partial charge in [-0.3, -0.25) is 0 Å². The van der Waals surface area contributed by atoms with Crippen LogP contribution in [0.25, 0.3) is 0 Å². The molecular formula is C17H24Ti. The van der Waals surface area contributed by atoms with Crippen LogP contribution in [0.15, 0.2) is 42.7 Å². The van der Waals surface area contributed by atoms with Crippen molar-refractivity contribution in [1.29, 1.82) is 0 Å². The molecule has 18 heavy (non-hydrogen) atoms. The van der Waals surface area contributed by atoms with Crippen LogP contribution in [0, 0.1) is 5.92 Å². The number of hydrogen-bond donors (Lipinski definition) is 0. The molecule has 0 heterocycles. The third kappa shape index (κ3) is 2.60. The van der Waals surface area contributed by atoms with Gasteiger partial charge in [0.15, 0.2) is 0 Å². The van der Waals surface area contributed by atoms with Crippen molar-refractivity contribution in [1.82, 2.24) is 0 Å². The molecule has 1 heteroatoms. The van der Waals surface area contributed by atoms with Crippen molar-refractivity contribution in [3.05, 3.63) is 42.7 Å². The van der Waals surface area contributed by atoms with Crippen molar-refractivity contribution in [3.63, 3.8) is 0 Å². The average Bonchev–Trinajstić information content (AvgIpc) is 2.71. The molecule has 0 spiro atoms. The summed E-state index contributed by atoms with van der Waals surface area (Å²) in [4.78, 5) is 0. The molecule has 0 N–H and O–H groups in total. The van der Waals surface area contributed by atoms with E-state index in [1.54, 1.807) is 22.7 Å². The van der Waals surface area contributed by atoms with Crippen molar-refractivity contribution < 1.29 is 17.4 Å². The van der Waals surface area contributed by atoms with Crippen LogP contribution in [-0.2, 0) is 17.4 Å². The van der Waals surface area contributed by atoms with Gasteiger partial charge in [-0.1, -0.05) is 0 Å². The molecule has 0 aromatic heterocycles. The normalized spacial score (nSPS) is 23.0. The Hall–Kier alpha value is -0.456. The summed E-state index contributed by atoms with van der Waals surface area (Å²) in [6, 6.07) is 0. The Morgan fingerprint density at radius 3 is 2.22 bits per heavy atom. The van der Waals surface area contributed by atoms with Crippen LogP contribution < -0.4 is 0 Å². The molecule has 0 amide bonds. The van der Waals surface area contributed by atoms with Gasteiger partial charge < -0.3 is 0 Å². The third-order valence-corrected chi connectivity index (χ3v) is 9.11. The molecule has 0 nitrogen and oxygen atoms in total. The van der Waals surface area contributed by atoms with Gasteiger partial charge in [0.2, 0.25) is 0 Å². The van der Waals surface area contributed by atoms with Crippen molar-refractivity contribution >= 4 is 3.81 Å². The fourth-order valence-corrected chi connectivity index (χ4v) is 8.44. The molecule has 0 aromatic rings. The summed E-state index contributed by atoms with van der Waals surface area (Å²) in [5.41, 5.74) is 4.57. The Bertz CT molecular complexity index is 532. The molecule has 0 aliphatic heterocycles. The predicted molar refractivity (Wildman–Crippen MR) is 78.4 cm³/mol. The second-order valence-corrected chi connectivity index (χ2v) is 10.6. The first-order chi connectivity index (χ1) is 8.40. The molecular weight excluding hydrogens is 252 g/mol. The van der Waals surface area contributed by atoms with Gasteiger partial charge in [-0.25, -0.2) is 0 Å². The average molecular weight is 276 g/mol. The van der Waals surface area contributed by atoms with E-state index in [2.05, 4.69) is 59.8 Å². The maximum absolute atomic E-state index is 2.47. The molecule has 1 unspecified atom stereocenters. The van der Waals surface area contributed by atoms with Gasteiger partial charge in [-0.15, -0.1) is 0 Å². The van der Waals surface area contributed by atoms with E-state index < -0.39 is 17.4 Å². The molecule has 1 atom stereocenters. The van der Waals surface area contributed by atoms with Gasteiger partial charge in [-0.2, -0.15) is 0 Å². The predicted octanol–water partition coefficient (Wildman–Crippen LogP) is 4.92. The quantitative estimate of drug-likeness (QED) is 0.628. The first kappa shape index (κ1) is 14.0. The van der Waals surface area contributed by atoms with Crippen LogP contribution in [0.2, 0.25) is 0 Å². The zero-order valence-electron chi connectivity index (χ0n) is 12.5. The van der Waals surface area contributed by atoms with Crippen molar-refractivity contribution in [2.24, 2.45) is 5.92 Å². The second-order valence-electron chi connectivity index (χ2n) is 6.00. The van der Waals surface area contributed by atoms with E-state index in [4.69, 9.17) is 0 Å². The van der Waals surface area contributed by atoms with Gasteiger partial charge in [0.1, 0.15) is 0 Å². The van der Waals surface area contributed by atoms with E-state index in [0.29, 0.717) is 5.92 Å². The van der Waals surface area contributed by atoms with Crippen molar-refractivity contribution in [3.8, 4) is 0 Å². The standard InChI is InChI=1S/2C7H9.C3H6.Ti/c2*1-6-3-4-7(2)5-6;1-3-2;/h5H,3H2,1-2H3;3,5,7H,1-2H3;1-2H3;. The number of rotatable bonds is 2. The summed E-state index contributed by atoms with van der Waals surface area (Å²) in [5, 5.41) is 0. The number of allylic oxidation sites excluding steroid dienone is 8. The van der Waals surface area contributed by atoms with Gasteiger partial charge in [0.25, 0.3) is 0 Å². The summed E-state index contributed by atoms with van der Waals surface area (Å²) >= 11 is -1.37. The Labute approximate surface area is 118 Å². The summed E-state index contributed by atoms with van der Waals surface area (Å²) in [7, 11) is 0. The molecule has 96 valence electrons. The molecule has 0 radical (unpaired) electrons. The van der Waals surface area contributed by atoms with Crippen molar-refractivity contribution in [2.75, 3.05) is 0 Å². The molecule has 0 fully saturated rings. The monoisotopic (exact) mass is 276 g/mol. The Kier molecular flexibility index (Phi) is 4.09. The SMILES string of the molecule is CC1=CC(C)[C]([Ti]([C]2=C(C)C=C(C)C2)=[C](C)C)=C1. The zero-order chi connectivity index (χ0) is 13.4. The van der Waals surface area contributed by atoms with E-state index in [1.165, 1.54) is 12.0 Å². The minimum absolute atomic E-state index is 0.663. The summed E-state index contributed by atoms with van der Waals surface area (Å²) in [6.07, 6.45) is 8.53. The topological polar surface area (TPSA) is 0 Å². The first-order valence-corrected chi connectivity index (χ1v) is 9.19. The first-order valence-electron chi connectivity index (χ1n) is 6.85.